The minimum atomic E-state index is -4.54. The van der Waals surface area contributed by atoms with Crippen LogP contribution < -0.4 is 0 Å². The van der Waals surface area contributed by atoms with E-state index < -0.39 is 30.1 Å². The van der Waals surface area contributed by atoms with Crippen LogP contribution in [0.2, 0.25) is 0 Å². The largest absolute Gasteiger partial charge is 0.480 e. The van der Waals surface area contributed by atoms with Gasteiger partial charge in [0.15, 0.2) is 0 Å². The molecule has 0 fully saturated rings. The van der Waals surface area contributed by atoms with Crippen LogP contribution >= 0.6 is 0 Å². The van der Waals surface area contributed by atoms with Gasteiger partial charge in [-0.2, -0.15) is 13.2 Å². The molecule has 0 saturated carbocycles. The Labute approximate surface area is 184 Å². The van der Waals surface area contributed by atoms with Gasteiger partial charge in [-0.25, -0.2) is 4.39 Å². The molecule has 1 heterocycles. The van der Waals surface area contributed by atoms with Crippen molar-refractivity contribution in [2.75, 3.05) is 6.54 Å². The number of alkyl halides is 3. The fourth-order valence-electron chi connectivity index (χ4n) is 3.98. The van der Waals surface area contributed by atoms with Crippen LogP contribution in [-0.2, 0) is 24.1 Å². The van der Waals surface area contributed by atoms with Crippen molar-refractivity contribution in [1.29, 1.82) is 0 Å². The van der Waals surface area contributed by atoms with Crippen molar-refractivity contribution in [3.8, 4) is 11.1 Å². The number of aromatic nitrogens is 1. The quantitative estimate of drug-likeness (QED) is 0.418. The minimum absolute atomic E-state index is 0.237. The molecule has 0 aliphatic heterocycles. The summed E-state index contributed by atoms with van der Waals surface area (Å²) in [4.78, 5) is 13.5. The van der Waals surface area contributed by atoms with Crippen LogP contribution in [0.1, 0.15) is 38.3 Å². The highest BCUT2D eigenvalue weighted by molar-refractivity contribution is 5.98. The summed E-state index contributed by atoms with van der Waals surface area (Å²) in [6, 6.07) is 7.71. The molecule has 0 aliphatic carbocycles. The lowest BCUT2D eigenvalue weighted by Crippen LogP contribution is -2.32. The molecule has 0 spiro atoms. The molecule has 0 radical (unpaired) electrons. The number of fused-ring (bicyclic) bond motifs is 1. The van der Waals surface area contributed by atoms with Crippen molar-refractivity contribution in [1.82, 2.24) is 9.47 Å². The molecule has 1 aromatic heterocycles. The second-order valence-electron chi connectivity index (χ2n) is 7.92. The lowest BCUT2D eigenvalue weighted by molar-refractivity contribution is -0.138. The molecule has 3 aromatic rings. The molecule has 1 atom stereocenters. The van der Waals surface area contributed by atoms with Gasteiger partial charge in [0.05, 0.1) is 5.56 Å². The highest BCUT2D eigenvalue weighted by atomic mass is 19.4. The second kappa shape index (κ2) is 9.32. The van der Waals surface area contributed by atoms with E-state index in [9.17, 15) is 27.5 Å². The molecule has 0 aliphatic rings. The maximum Gasteiger partial charge on any atom is 0.416 e. The highest BCUT2D eigenvalue weighted by Crippen LogP contribution is 2.38. The number of carbonyl (C=O) groups is 1. The van der Waals surface area contributed by atoms with Gasteiger partial charge < -0.3 is 9.67 Å². The number of hydrogen-bond donors (Lipinski definition) is 1. The normalized spacial score (nSPS) is 13.1. The van der Waals surface area contributed by atoms with Crippen LogP contribution in [0.3, 0.4) is 0 Å². The molecule has 0 bridgehead atoms. The molecular formula is C24H26F4N2O2. The van der Waals surface area contributed by atoms with Gasteiger partial charge in [-0.15, -0.1) is 0 Å². The van der Waals surface area contributed by atoms with Crippen molar-refractivity contribution in [3.05, 3.63) is 59.5 Å². The van der Waals surface area contributed by atoms with Crippen LogP contribution in [0, 0.1) is 5.82 Å². The summed E-state index contributed by atoms with van der Waals surface area (Å²) in [6.07, 6.45) is -2.11. The molecule has 2 aromatic carbocycles. The number of rotatable bonds is 8. The number of hydrogen-bond acceptors (Lipinski definition) is 2. The Morgan fingerprint density at radius 1 is 1.12 bits per heavy atom. The third-order valence-corrected chi connectivity index (χ3v) is 5.87. The zero-order valence-corrected chi connectivity index (χ0v) is 18.2. The average molecular weight is 450 g/mol. The summed E-state index contributed by atoms with van der Waals surface area (Å²) >= 11 is 0. The van der Waals surface area contributed by atoms with Gasteiger partial charge in [0, 0.05) is 35.2 Å². The van der Waals surface area contributed by atoms with Crippen molar-refractivity contribution in [2.24, 2.45) is 0 Å². The van der Waals surface area contributed by atoms with Crippen molar-refractivity contribution < 1.29 is 27.5 Å². The number of aliphatic carboxylic acids is 1. The molecule has 3 rings (SSSR count). The number of nitrogens with zero attached hydrogens (tertiary/aromatic N) is 2. The molecule has 0 saturated heterocycles. The van der Waals surface area contributed by atoms with E-state index in [1.807, 2.05) is 6.92 Å². The molecule has 1 unspecified atom stereocenters. The Kier molecular flexibility index (Phi) is 6.93. The SMILES string of the molecule is CCC(C)N(CC)Cc1cc(F)ccc1-c1cn(CC(=O)O)c2ccc(C(F)(F)F)cc12. The van der Waals surface area contributed by atoms with E-state index in [1.54, 1.807) is 6.07 Å². The van der Waals surface area contributed by atoms with E-state index in [0.29, 0.717) is 28.8 Å². The Bertz CT molecular complexity index is 1120. The lowest BCUT2D eigenvalue weighted by atomic mass is 9.97. The van der Waals surface area contributed by atoms with E-state index in [0.717, 1.165) is 25.1 Å². The van der Waals surface area contributed by atoms with Gasteiger partial charge in [-0.05, 0) is 61.3 Å². The number of benzene rings is 2. The highest BCUT2D eigenvalue weighted by Gasteiger charge is 2.31. The summed E-state index contributed by atoms with van der Waals surface area (Å²) in [5.74, 6) is -1.55. The molecule has 1 N–H and O–H groups in total. The van der Waals surface area contributed by atoms with Gasteiger partial charge in [0.2, 0.25) is 0 Å². The topological polar surface area (TPSA) is 45.5 Å². The number of halogens is 4. The first kappa shape index (κ1) is 23.8. The monoisotopic (exact) mass is 450 g/mol. The van der Waals surface area contributed by atoms with Crippen molar-refractivity contribution in [2.45, 2.75) is 52.5 Å². The third-order valence-electron chi connectivity index (χ3n) is 5.87. The summed E-state index contributed by atoms with van der Waals surface area (Å²) in [6.45, 7) is 6.87. The maximum absolute atomic E-state index is 14.2. The first-order chi connectivity index (χ1) is 15.0. The molecule has 172 valence electrons. The summed E-state index contributed by atoms with van der Waals surface area (Å²) < 4.78 is 55.7. The van der Waals surface area contributed by atoms with E-state index in [1.165, 1.54) is 29.0 Å². The van der Waals surface area contributed by atoms with Gasteiger partial charge in [0.25, 0.3) is 0 Å². The Balaban J connectivity index is 2.23. The lowest BCUT2D eigenvalue weighted by Gasteiger charge is -2.28. The molecule has 32 heavy (non-hydrogen) atoms. The summed E-state index contributed by atoms with van der Waals surface area (Å²) in [5.41, 5.74) is 1.22. The minimum Gasteiger partial charge on any atom is -0.480 e. The smallest absolute Gasteiger partial charge is 0.416 e. The van der Waals surface area contributed by atoms with Crippen LogP contribution in [0.4, 0.5) is 17.6 Å². The maximum atomic E-state index is 14.2. The first-order valence-electron chi connectivity index (χ1n) is 10.5. The second-order valence-corrected chi connectivity index (χ2v) is 7.92. The van der Waals surface area contributed by atoms with Crippen molar-refractivity contribution in [3.63, 3.8) is 0 Å². The van der Waals surface area contributed by atoms with Crippen LogP contribution in [-0.4, -0.2) is 33.1 Å². The van der Waals surface area contributed by atoms with E-state index >= 15 is 0 Å². The van der Waals surface area contributed by atoms with Crippen molar-refractivity contribution >= 4 is 16.9 Å². The first-order valence-corrected chi connectivity index (χ1v) is 10.5. The van der Waals surface area contributed by atoms with E-state index in [4.69, 9.17) is 0 Å². The fourth-order valence-corrected chi connectivity index (χ4v) is 3.98. The zero-order chi connectivity index (χ0) is 23.6. The molecular weight excluding hydrogens is 424 g/mol. The van der Waals surface area contributed by atoms with Gasteiger partial charge >= 0.3 is 12.1 Å². The predicted molar refractivity (Wildman–Crippen MR) is 116 cm³/mol. The number of carboxylic acids is 1. The Morgan fingerprint density at radius 3 is 2.44 bits per heavy atom. The standard InChI is InChI=1S/C24H26F4N2O2/c1-4-15(3)29(5-2)12-16-10-18(25)7-8-19(16)21-13-30(14-23(31)32)22-9-6-17(11-20(21)22)24(26,27)28/h6-11,13,15H,4-5,12,14H2,1-3H3,(H,31,32). The van der Waals surface area contributed by atoms with E-state index in [2.05, 4.69) is 18.7 Å². The number of carboxylic acid groups (broad SMARTS) is 1. The average Bonchev–Trinajstić information content (AvgIpc) is 3.07. The fraction of sp³-hybridized carbons (Fsp3) is 0.375. The Morgan fingerprint density at radius 2 is 1.84 bits per heavy atom. The summed E-state index contributed by atoms with van der Waals surface area (Å²) in [5, 5.41) is 9.54. The van der Waals surface area contributed by atoms with E-state index in [-0.39, 0.29) is 11.4 Å². The molecule has 8 heteroatoms. The van der Waals surface area contributed by atoms with Crippen LogP contribution in [0.25, 0.3) is 22.0 Å². The van der Waals surface area contributed by atoms with Crippen LogP contribution in [0.15, 0.2) is 42.6 Å². The third kappa shape index (κ3) is 4.96. The van der Waals surface area contributed by atoms with Gasteiger partial charge in [-0.3, -0.25) is 9.69 Å². The van der Waals surface area contributed by atoms with Gasteiger partial charge in [-0.1, -0.05) is 19.9 Å². The molecule has 4 nitrogen and oxygen atoms in total. The molecule has 0 amide bonds. The van der Waals surface area contributed by atoms with Crippen LogP contribution in [0.5, 0.6) is 0 Å². The summed E-state index contributed by atoms with van der Waals surface area (Å²) in [7, 11) is 0. The predicted octanol–water partition coefficient (Wildman–Crippen LogP) is 6.17. The Hall–Kier alpha value is -2.87. The van der Waals surface area contributed by atoms with Gasteiger partial charge in [0.1, 0.15) is 12.4 Å². The zero-order valence-electron chi connectivity index (χ0n) is 18.2.